The number of nitrogens with one attached hydrogen (secondary N) is 2. The van der Waals surface area contributed by atoms with E-state index in [9.17, 15) is 0 Å². The zero-order valence-electron chi connectivity index (χ0n) is 14.3. The number of halogens is 2. The first-order valence-corrected chi connectivity index (χ1v) is 8.49. The summed E-state index contributed by atoms with van der Waals surface area (Å²) >= 11 is 12.5. The van der Waals surface area contributed by atoms with Gasteiger partial charge in [-0.2, -0.15) is 0 Å². The minimum atomic E-state index is 0.135. The maximum absolute atomic E-state index is 6.25. The van der Waals surface area contributed by atoms with Crippen molar-refractivity contribution in [1.29, 1.82) is 0 Å². The lowest BCUT2D eigenvalue weighted by atomic mass is 10.0. The molecule has 0 saturated carbocycles. The maximum Gasteiger partial charge on any atom is 0.214 e. The van der Waals surface area contributed by atoms with Crippen LogP contribution in [0.4, 0.5) is 0 Å². The van der Waals surface area contributed by atoms with Crippen molar-refractivity contribution in [2.45, 2.75) is 33.2 Å². The monoisotopic (exact) mass is 368 g/mol. The van der Waals surface area contributed by atoms with E-state index in [2.05, 4.69) is 27.5 Å². The van der Waals surface area contributed by atoms with E-state index in [1.807, 2.05) is 32.0 Å². The lowest BCUT2D eigenvalue weighted by molar-refractivity contribution is 0.463. The van der Waals surface area contributed by atoms with E-state index in [4.69, 9.17) is 27.6 Å². The average Bonchev–Trinajstić information content (AvgIpc) is 2.85. The Morgan fingerprint density at radius 2 is 1.92 bits per heavy atom. The zero-order chi connectivity index (χ0) is 17.7. The van der Waals surface area contributed by atoms with Gasteiger partial charge in [-0.15, -0.1) is 0 Å². The van der Waals surface area contributed by atoms with E-state index in [1.54, 1.807) is 7.05 Å². The van der Waals surface area contributed by atoms with E-state index in [-0.39, 0.29) is 5.92 Å². The van der Waals surface area contributed by atoms with Gasteiger partial charge in [-0.25, -0.2) is 4.98 Å². The molecule has 1 aromatic carbocycles. The van der Waals surface area contributed by atoms with Gasteiger partial charge in [-0.1, -0.05) is 36.2 Å². The molecule has 0 amide bonds. The summed E-state index contributed by atoms with van der Waals surface area (Å²) in [6, 6.07) is 5.54. The van der Waals surface area contributed by atoms with Crippen LogP contribution in [0.3, 0.4) is 0 Å². The second-order valence-electron chi connectivity index (χ2n) is 5.59. The minimum absolute atomic E-state index is 0.135. The van der Waals surface area contributed by atoms with Gasteiger partial charge in [0.05, 0.1) is 12.2 Å². The molecular weight excluding hydrogens is 347 g/mol. The summed E-state index contributed by atoms with van der Waals surface area (Å²) in [7, 11) is 1.72. The van der Waals surface area contributed by atoms with Gasteiger partial charge in [0, 0.05) is 29.6 Å². The summed E-state index contributed by atoms with van der Waals surface area (Å²) in [6.07, 6.45) is 0. The number of nitrogens with zero attached hydrogens (tertiary/aromatic N) is 2. The number of aliphatic imine (C=N–C) groups is 1. The van der Waals surface area contributed by atoms with Gasteiger partial charge in [-0.3, -0.25) is 4.99 Å². The molecule has 0 bridgehead atoms. The van der Waals surface area contributed by atoms with E-state index >= 15 is 0 Å². The summed E-state index contributed by atoms with van der Waals surface area (Å²) in [5.41, 5.74) is 1.83. The average molecular weight is 369 g/mol. The molecule has 1 atom stereocenters. The van der Waals surface area contributed by atoms with Crippen molar-refractivity contribution in [2.75, 3.05) is 13.6 Å². The quantitative estimate of drug-likeness (QED) is 0.616. The molecule has 2 aromatic rings. The third kappa shape index (κ3) is 4.65. The van der Waals surface area contributed by atoms with E-state index < -0.39 is 0 Å². The number of guanidine groups is 1. The number of hydrogen-bond acceptors (Lipinski definition) is 3. The topological polar surface area (TPSA) is 62.5 Å². The third-order valence-corrected chi connectivity index (χ3v) is 4.43. The smallest absolute Gasteiger partial charge is 0.214 e. The zero-order valence-corrected chi connectivity index (χ0v) is 15.8. The first kappa shape index (κ1) is 18.6. The van der Waals surface area contributed by atoms with Crippen molar-refractivity contribution in [3.8, 4) is 0 Å². The number of aromatic nitrogens is 1. The van der Waals surface area contributed by atoms with Crippen molar-refractivity contribution in [3.63, 3.8) is 0 Å². The van der Waals surface area contributed by atoms with Gasteiger partial charge in [0.2, 0.25) is 5.89 Å². The Labute approximate surface area is 152 Å². The first-order valence-electron chi connectivity index (χ1n) is 7.73. The summed E-state index contributed by atoms with van der Waals surface area (Å²) in [5, 5.41) is 7.79. The molecule has 0 radical (unpaired) electrons. The highest BCUT2D eigenvalue weighted by Gasteiger charge is 2.14. The number of oxazole rings is 1. The first-order chi connectivity index (χ1) is 11.4. The molecule has 1 unspecified atom stereocenters. The van der Waals surface area contributed by atoms with Crippen molar-refractivity contribution in [1.82, 2.24) is 15.6 Å². The Balaban J connectivity index is 1.91. The summed E-state index contributed by atoms with van der Waals surface area (Å²) in [4.78, 5) is 8.54. The van der Waals surface area contributed by atoms with Gasteiger partial charge in [0.1, 0.15) is 5.76 Å². The summed E-state index contributed by atoms with van der Waals surface area (Å²) in [6.45, 7) is 6.99. The Bertz CT molecular complexity index is 688. The molecule has 130 valence electrons. The molecule has 1 aromatic heterocycles. The highest BCUT2D eigenvalue weighted by Crippen LogP contribution is 2.30. The Hall–Kier alpha value is -1.72. The fourth-order valence-electron chi connectivity index (χ4n) is 2.33. The van der Waals surface area contributed by atoms with Crippen molar-refractivity contribution >= 4 is 29.2 Å². The molecule has 2 N–H and O–H groups in total. The van der Waals surface area contributed by atoms with Crippen LogP contribution in [0, 0.1) is 13.8 Å². The normalized spacial score (nSPS) is 13.0. The van der Waals surface area contributed by atoms with Crippen molar-refractivity contribution in [2.24, 2.45) is 4.99 Å². The molecule has 5 nitrogen and oxygen atoms in total. The van der Waals surface area contributed by atoms with Crippen LogP contribution < -0.4 is 10.6 Å². The Morgan fingerprint density at radius 3 is 2.46 bits per heavy atom. The van der Waals surface area contributed by atoms with Crippen molar-refractivity contribution in [3.05, 3.63) is 51.2 Å². The van der Waals surface area contributed by atoms with Gasteiger partial charge < -0.3 is 15.1 Å². The van der Waals surface area contributed by atoms with Crippen LogP contribution in [0.2, 0.25) is 10.0 Å². The predicted molar refractivity (Wildman–Crippen MR) is 99.1 cm³/mol. The molecular formula is C17H22Cl2N4O. The van der Waals surface area contributed by atoms with Gasteiger partial charge in [-0.05, 0) is 31.5 Å². The standard InChI is InChI=1S/C17H22Cl2N4O/c1-10(16-13(18)6-5-7-14(16)19)8-21-17(20-4)22-9-15-23-11(2)12(3)24-15/h5-7,10H,8-9H2,1-4H3,(H2,20,21,22). The fraction of sp³-hybridized carbons (Fsp3) is 0.412. The molecule has 0 aliphatic rings. The molecule has 0 aliphatic carbocycles. The Morgan fingerprint density at radius 1 is 1.25 bits per heavy atom. The summed E-state index contributed by atoms with van der Waals surface area (Å²) in [5.74, 6) is 2.27. The largest absolute Gasteiger partial charge is 0.444 e. The van der Waals surface area contributed by atoms with E-state index in [0.29, 0.717) is 35.0 Å². The molecule has 1 heterocycles. The number of benzene rings is 1. The van der Waals surface area contributed by atoms with Crippen LogP contribution >= 0.6 is 23.2 Å². The second-order valence-corrected chi connectivity index (χ2v) is 6.41. The molecule has 0 aliphatic heterocycles. The van der Waals surface area contributed by atoms with Crippen LogP contribution in [0.25, 0.3) is 0 Å². The minimum Gasteiger partial charge on any atom is -0.444 e. The van der Waals surface area contributed by atoms with Crippen LogP contribution in [0.1, 0.15) is 35.7 Å². The molecule has 24 heavy (non-hydrogen) atoms. The molecule has 0 fully saturated rings. The highest BCUT2D eigenvalue weighted by molar-refractivity contribution is 6.36. The van der Waals surface area contributed by atoms with Gasteiger partial charge in [0.25, 0.3) is 0 Å². The van der Waals surface area contributed by atoms with E-state index in [1.165, 1.54) is 0 Å². The Kier molecular flexibility index (Phi) is 6.52. The van der Waals surface area contributed by atoms with Crippen LogP contribution in [-0.4, -0.2) is 24.5 Å². The highest BCUT2D eigenvalue weighted by atomic mass is 35.5. The number of aryl methyl sites for hydroxylation is 2. The van der Waals surface area contributed by atoms with Crippen LogP contribution in [0.15, 0.2) is 27.6 Å². The molecule has 7 heteroatoms. The lowest BCUT2D eigenvalue weighted by Crippen LogP contribution is -2.38. The SMILES string of the molecule is CN=C(NCc1nc(C)c(C)o1)NCC(C)c1c(Cl)cccc1Cl. The molecule has 0 saturated heterocycles. The van der Waals surface area contributed by atoms with E-state index in [0.717, 1.165) is 17.0 Å². The van der Waals surface area contributed by atoms with Gasteiger partial charge in [0.15, 0.2) is 5.96 Å². The maximum atomic E-state index is 6.25. The number of hydrogen-bond donors (Lipinski definition) is 2. The number of rotatable bonds is 5. The molecule has 2 rings (SSSR count). The summed E-state index contributed by atoms with van der Waals surface area (Å²) < 4.78 is 5.54. The van der Waals surface area contributed by atoms with Gasteiger partial charge >= 0.3 is 0 Å². The second kappa shape index (κ2) is 8.40. The molecule has 0 spiro atoms. The van der Waals surface area contributed by atoms with Crippen LogP contribution in [0.5, 0.6) is 0 Å². The predicted octanol–water partition coefficient (Wildman–Crippen LogP) is 4.07. The van der Waals surface area contributed by atoms with Crippen LogP contribution in [-0.2, 0) is 6.54 Å². The lowest BCUT2D eigenvalue weighted by Gasteiger charge is -2.18. The fourth-order valence-corrected chi connectivity index (χ4v) is 3.10. The van der Waals surface area contributed by atoms with Crippen molar-refractivity contribution < 1.29 is 4.42 Å². The third-order valence-electron chi connectivity index (χ3n) is 3.77.